The normalized spacial score (nSPS) is 7.10. The van der Waals surface area contributed by atoms with Gasteiger partial charge >= 0.3 is 30.2 Å². The maximum atomic E-state index is 10.7. The summed E-state index contributed by atoms with van der Waals surface area (Å²) in [5, 5.41) is 2.07. The SMILES string of the molecule is C.C.C.C.C.C.C.C.C.C.C.C.C.CC(=O)N(C)C.CC(=O)N(C)C.CC(C)=O.CN(C)C.CN(C)C(=O)N(C)C.CN(C)C(=S)N(C)C.COC(=O)N(C)C.COC(=O)N(C)C.COC(=S)N(C)C.COC(=S)N(C)C.COC(C)=O.COC(C)=O.CS(C)(=O)=O.CSC.CSC(=O)N(C)C.CSC(=O)N(C)C. The molecule has 0 aliphatic rings. The highest BCUT2D eigenvalue weighted by Gasteiger charge is 2.03. The highest BCUT2D eigenvalue weighted by Crippen LogP contribution is 1.98. The molecule has 8 amide bonds. The molecule has 38 heteroatoms. The number of hydrogen-bond donors (Lipinski definition) is 0. The van der Waals surface area contributed by atoms with Gasteiger partial charge < -0.3 is 96.9 Å². The van der Waals surface area contributed by atoms with Crippen molar-refractivity contribution in [2.45, 2.75) is 138 Å². The smallest absolute Gasteiger partial charge is 0.408 e. The summed E-state index contributed by atoms with van der Waals surface area (Å²) in [6, 6.07) is 0.0185. The fourth-order valence-electron chi connectivity index (χ4n) is 1.90. The van der Waals surface area contributed by atoms with Crippen LogP contribution in [-0.2, 0) is 62.2 Å². The Morgan fingerprint density at radius 1 is 0.284 bits per heavy atom. The number of sulfone groups is 1. The molecule has 0 spiro atoms. The quantitative estimate of drug-likeness (QED) is 0.124. The number of rotatable bonds is 0. The van der Waals surface area contributed by atoms with Crippen molar-refractivity contribution in [3.05, 3.63) is 0 Å². The van der Waals surface area contributed by atoms with Crippen LogP contribution in [0.3, 0.4) is 0 Å². The number of ether oxygens (including phenoxy) is 6. The number of nitrogens with zero attached hydrogens (tertiary/aromatic N) is 13. The zero-order chi connectivity index (χ0) is 81.9. The van der Waals surface area contributed by atoms with Crippen molar-refractivity contribution < 1.29 is 84.8 Å². The van der Waals surface area contributed by atoms with Gasteiger partial charge in [-0.25, -0.2) is 22.8 Å². The van der Waals surface area contributed by atoms with E-state index in [0.29, 0.717) is 10.3 Å². The van der Waals surface area contributed by atoms with Gasteiger partial charge in [0.1, 0.15) is 15.6 Å². The molecule has 0 rings (SSSR count). The summed E-state index contributed by atoms with van der Waals surface area (Å²) < 4.78 is 45.4. The number of ketones is 1. The largest absolute Gasteiger partial charge is 0.474 e. The molecular formula is C71H187N13O18S7. The van der Waals surface area contributed by atoms with Crippen LogP contribution >= 0.6 is 71.9 Å². The number of esters is 2. The van der Waals surface area contributed by atoms with Crippen LogP contribution < -0.4 is 0 Å². The van der Waals surface area contributed by atoms with Gasteiger partial charge in [-0.2, -0.15) is 11.8 Å². The van der Waals surface area contributed by atoms with Crippen LogP contribution in [0.25, 0.3) is 0 Å². The summed E-state index contributed by atoms with van der Waals surface area (Å²) >= 11 is 18.5. The van der Waals surface area contributed by atoms with Crippen LogP contribution in [0, 0.1) is 0 Å². The molecule has 0 fully saturated rings. The van der Waals surface area contributed by atoms with E-state index in [1.807, 2.05) is 105 Å². The van der Waals surface area contributed by atoms with Crippen LogP contribution in [0.2, 0.25) is 0 Å². The number of amides is 8. The molecule has 0 atom stereocenters. The van der Waals surface area contributed by atoms with E-state index in [1.165, 1.54) is 123 Å². The summed E-state index contributed by atoms with van der Waals surface area (Å²) in [7, 11) is 54.2. The van der Waals surface area contributed by atoms with E-state index in [4.69, 9.17) is 12.2 Å². The Morgan fingerprint density at radius 2 is 0.422 bits per heavy atom. The first-order chi connectivity index (χ1) is 42.9. The minimum Gasteiger partial charge on any atom is -0.474 e. The first kappa shape index (κ1) is 196. The van der Waals surface area contributed by atoms with Gasteiger partial charge in [0.2, 0.25) is 11.8 Å². The van der Waals surface area contributed by atoms with Gasteiger partial charge in [-0.3, -0.25) is 28.8 Å². The number of thioether (sulfide) groups is 3. The predicted molar refractivity (Wildman–Crippen MR) is 505 cm³/mol. The highest BCUT2D eigenvalue weighted by atomic mass is 32.2. The number of Topliss-reactive ketones (excluding diaryl/α,β-unsaturated/α-hetero) is 1. The zero-order valence-electron chi connectivity index (χ0n) is 67.5. The summed E-state index contributed by atoms with van der Waals surface area (Å²) in [4.78, 5) is 122. The van der Waals surface area contributed by atoms with Gasteiger partial charge in [-0.1, -0.05) is 120 Å². The Bertz CT molecular complexity index is 1820. The van der Waals surface area contributed by atoms with Gasteiger partial charge in [0.25, 0.3) is 20.8 Å². The van der Waals surface area contributed by atoms with E-state index in [2.05, 4.69) is 52.9 Å². The molecule has 0 N–H and O–H groups in total. The molecule has 0 radical (unpaired) electrons. The van der Waals surface area contributed by atoms with Crippen molar-refractivity contribution in [3.63, 3.8) is 0 Å². The molecule has 0 aromatic rings. The second-order valence-electron chi connectivity index (χ2n) is 20.3. The van der Waals surface area contributed by atoms with Crippen LogP contribution in [0.1, 0.15) is 138 Å². The first-order valence-electron chi connectivity index (χ1n) is 27.3. The monoisotopic (exact) mass is 1730 g/mol. The Morgan fingerprint density at radius 3 is 0.422 bits per heavy atom. The standard InChI is InChI=1S/C5H12N2O.C5H12N2S.2C4H9NO2.4C4H9NOS.2C4H9NO.C3H9N.2C3H6O2.C3H6O.C2H6O2S.C2H6S.13CH4/c2*1-6(2)5(8)7(3)4;4*1-5(2)4(6)7-3;2*1-5(2)4(7)6-3;2*1-4(6)5(2)3;1-4(2)3;2*1-3(4)5-2;1-3(2)4;1-5(2,3)4;1-3-2;;;;;;;;;;;;;/h2*1-4H3;6*1-3H3;2*1-3H3;1-3H3;2*1-2H3;1-2H3;1-2H3;1-2H3;13*1H4. The number of urea groups is 1. The lowest BCUT2D eigenvalue weighted by Crippen LogP contribution is -2.33. The molecule has 0 unspecified atom stereocenters. The molecule has 0 aromatic heterocycles. The molecule has 31 nitrogen and oxygen atoms in total. The number of methoxy groups -OCH3 is 6. The number of thiocarbonyl (C=S) groups is 3. The van der Waals surface area contributed by atoms with Gasteiger partial charge in [0.05, 0.1) is 42.7 Å². The van der Waals surface area contributed by atoms with E-state index >= 15 is 0 Å². The molecule has 0 bridgehead atoms. The number of hydrogen-bond acceptors (Lipinski definition) is 25. The Hall–Kier alpha value is -5.67. The summed E-state index contributed by atoms with van der Waals surface area (Å²) in [6.07, 6.45) is 9.30. The Balaban J connectivity index is -0.0000000231. The van der Waals surface area contributed by atoms with Gasteiger partial charge in [0.15, 0.2) is 5.11 Å². The lowest BCUT2D eigenvalue weighted by atomic mass is 10.6. The molecule has 0 heterocycles. The average Bonchev–Trinajstić information content (AvgIpc) is 3.45. The second kappa shape index (κ2) is 138. The van der Waals surface area contributed by atoms with Crippen LogP contribution in [0.4, 0.5) is 24.0 Å². The van der Waals surface area contributed by atoms with Gasteiger partial charge in [0, 0.05) is 209 Å². The summed E-state index contributed by atoms with van der Waals surface area (Å²) in [6.45, 7) is 8.83. The molecule has 0 saturated heterocycles. The Kier molecular flexibility index (Phi) is 248. The highest BCUT2D eigenvalue weighted by molar-refractivity contribution is 8.13. The Labute approximate surface area is 708 Å². The second-order valence-corrected chi connectivity index (χ2v) is 26.0. The lowest BCUT2D eigenvalue weighted by molar-refractivity contribution is -0.138. The number of carbonyl (C=O) groups excluding carboxylic acids is 10. The fraction of sp³-hybridized carbons (Fsp3) is 0.817. The fourth-order valence-corrected chi connectivity index (χ4v) is 2.63. The molecule has 686 valence electrons. The minimum atomic E-state index is -2.67. The summed E-state index contributed by atoms with van der Waals surface area (Å²) in [5.41, 5.74) is 0. The van der Waals surface area contributed by atoms with Crippen LogP contribution in [0.5, 0.6) is 0 Å². The van der Waals surface area contributed by atoms with Crippen molar-refractivity contribution >= 4 is 155 Å². The molecule has 0 aliphatic heterocycles. The first-order valence-corrected chi connectivity index (χ1v) is 34.9. The van der Waals surface area contributed by atoms with E-state index in [-0.39, 0.29) is 155 Å². The van der Waals surface area contributed by atoms with E-state index in [0.717, 1.165) is 17.6 Å². The van der Waals surface area contributed by atoms with Crippen LogP contribution in [0.15, 0.2) is 0 Å². The maximum absolute atomic E-state index is 10.7. The average molecular weight is 1740 g/mol. The van der Waals surface area contributed by atoms with E-state index in [1.54, 1.807) is 171 Å². The topological polar surface area (TPSA) is 302 Å². The minimum absolute atomic E-state index is 0. The zero-order valence-corrected chi connectivity index (χ0v) is 73.2. The van der Waals surface area contributed by atoms with E-state index < -0.39 is 9.84 Å². The number of carbonyl (C=O) groups is 10. The molecule has 0 saturated carbocycles. The summed E-state index contributed by atoms with van der Waals surface area (Å²) in [5.74, 6) is -0.139. The van der Waals surface area contributed by atoms with E-state index in [9.17, 15) is 56.4 Å². The van der Waals surface area contributed by atoms with Crippen molar-refractivity contribution in [2.75, 3.05) is 270 Å². The predicted octanol–water partition coefficient (Wildman–Crippen LogP) is 14.5. The molecule has 109 heavy (non-hydrogen) atoms. The van der Waals surface area contributed by atoms with Crippen molar-refractivity contribution in [3.8, 4) is 0 Å². The third-order valence-electron chi connectivity index (χ3n) is 6.60. The van der Waals surface area contributed by atoms with Gasteiger partial charge in [-0.15, -0.1) is 0 Å². The van der Waals surface area contributed by atoms with Gasteiger partial charge in [-0.05, 0) is 96.7 Å². The third-order valence-corrected chi connectivity index (χ3v) is 9.83. The molecule has 0 aliphatic carbocycles. The third kappa shape index (κ3) is 303. The molecule has 0 aromatic carbocycles. The van der Waals surface area contributed by atoms with Crippen molar-refractivity contribution in [1.82, 2.24) is 63.7 Å². The molecular weight excluding hydrogens is 1550 g/mol. The van der Waals surface area contributed by atoms with Crippen molar-refractivity contribution in [1.29, 1.82) is 0 Å². The maximum Gasteiger partial charge on any atom is 0.408 e. The van der Waals surface area contributed by atoms with Crippen molar-refractivity contribution in [2.24, 2.45) is 0 Å². The van der Waals surface area contributed by atoms with Crippen LogP contribution in [-0.4, -0.2) is 416 Å². The lowest BCUT2D eigenvalue weighted by Gasteiger charge is -2.20.